The minimum absolute atomic E-state index is 0.0947. The lowest BCUT2D eigenvalue weighted by atomic mass is 9.87. The summed E-state index contributed by atoms with van der Waals surface area (Å²) in [6.07, 6.45) is 3.78. The zero-order valence-corrected chi connectivity index (χ0v) is 20.1. The van der Waals surface area contributed by atoms with Gasteiger partial charge in [0.1, 0.15) is 23.1 Å². The molecule has 36 heavy (non-hydrogen) atoms. The van der Waals surface area contributed by atoms with E-state index in [4.69, 9.17) is 19.8 Å². The van der Waals surface area contributed by atoms with Gasteiger partial charge >= 0.3 is 0 Å². The van der Waals surface area contributed by atoms with Crippen molar-refractivity contribution in [3.63, 3.8) is 0 Å². The fraction of sp³-hybridized carbons (Fsp3) is 0.346. The summed E-state index contributed by atoms with van der Waals surface area (Å²) in [5.41, 5.74) is 1.54. The second kappa shape index (κ2) is 8.63. The second-order valence-electron chi connectivity index (χ2n) is 9.69. The van der Waals surface area contributed by atoms with Crippen molar-refractivity contribution in [2.45, 2.75) is 44.8 Å². The molecule has 5 heterocycles. The molecule has 1 amide bonds. The number of benzene rings is 1. The van der Waals surface area contributed by atoms with Crippen molar-refractivity contribution in [3.05, 3.63) is 59.5 Å². The number of hydrogen-bond donors (Lipinski definition) is 2. The molecule has 9 nitrogen and oxygen atoms in total. The summed E-state index contributed by atoms with van der Waals surface area (Å²) in [5, 5.41) is 11.8. The summed E-state index contributed by atoms with van der Waals surface area (Å²) >= 11 is 0. The number of carbonyl (C=O) groups is 1. The maximum atomic E-state index is 14.4. The van der Waals surface area contributed by atoms with Crippen LogP contribution in [0.15, 0.2) is 42.6 Å². The molecule has 2 aliphatic rings. The number of halogens is 1. The molecule has 0 saturated carbocycles. The number of fused-ring (bicyclic) bond motifs is 2. The predicted octanol–water partition coefficient (Wildman–Crippen LogP) is 3.90. The lowest BCUT2D eigenvalue weighted by molar-refractivity contribution is -0.119. The SMILES string of the molecule is CC1(C)C(=O)Nc2nc(-c3nn(Cc4ccccc4F)c4ncccc34)nc(NCC3CCCO3)c21. The van der Waals surface area contributed by atoms with Crippen molar-refractivity contribution in [2.24, 2.45) is 0 Å². The minimum Gasteiger partial charge on any atom is -0.376 e. The van der Waals surface area contributed by atoms with Crippen LogP contribution in [0.4, 0.5) is 16.0 Å². The quantitative estimate of drug-likeness (QED) is 0.425. The van der Waals surface area contributed by atoms with Gasteiger partial charge in [0, 0.05) is 24.9 Å². The average molecular weight is 488 g/mol. The molecule has 1 saturated heterocycles. The normalized spacial score (nSPS) is 18.4. The van der Waals surface area contributed by atoms with Gasteiger partial charge in [-0.25, -0.2) is 24.0 Å². The smallest absolute Gasteiger partial charge is 0.235 e. The maximum absolute atomic E-state index is 14.4. The van der Waals surface area contributed by atoms with Gasteiger partial charge in [0.15, 0.2) is 11.5 Å². The van der Waals surface area contributed by atoms with Crippen molar-refractivity contribution >= 4 is 28.6 Å². The zero-order valence-electron chi connectivity index (χ0n) is 20.1. The third-order valence-corrected chi connectivity index (χ3v) is 6.85. The van der Waals surface area contributed by atoms with Crippen LogP contribution in [0.2, 0.25) is 0 Å². The minimum atomic E-state index is -0.791. The van der Waals surface area contributed by atoms with Gasteiger partial charge in [-0.2, -0.15) is 5.10 Å². The van der Waals surface area contributed by atoms with Gasteiger partial charge in [0.25, 0.3) is 0 Å². The third-order valence-electron chi connectivity index (χ3n) is 6.85. The Hall–Kier alpha value is -3.92. The van der Waals surface area contributed by atoms with Crippen LogP contribution >= 0.6 is 0 Å². The number of hydrogen-bond acceptors (Lipinski definition) is 7. The van der Waals surface area contributed by atoms with Crippen molar-refractivity contribution in [1.29, 1.82) is 0 Å². The Labute approximate surface area is 207 Å². The molecule has 1 unspecified atom stereocenters. The highest BCUT2D eigenvalue weighted by atomic mass is 19.1. The number of amides is 1. The number of carbonyl (C=O) groups excluding carboxylic acids is 1. The van der Waals surface area contributed by atoms with E-state index in [2.05, 4.69) is 15.6 Å². The molecule has 3 aromatic heterocycles. The van der Waals surface area contributed by atoms with Gasteiger partial charge in [0.2, 0.25) is 5.91 Å². The lowest BCUT2D eigenvalue weighted by Gasteiger charge is -2.20. The summed E-state index contributed by atoms with van der Waals surface area (Å²) in [6.45, 7) is 5.26. The van der Waals surface area contributed by atoms with Gasteiger partial charge in [-0.3, -0.25) is 4.79 Å². The Morgan fingerprint density at radius 3 is 2.89 bits per heavy atom. The number of anilines is 2. The van der Waals surface area contributed by atoms with E-state index in [1.807, 2.05) is 26.0 Å². The third kappa shape index (κ3) is 3.78. The number of ether oxygens (including phenoxy) is 1. The number of nitrogens with one attached hydrogen (secondary N) is 2. The van der Waals surface area contributed by atoms with E-state index in [1.165, 1.54) is 6.07 Å². The number of nitrogens with zero attached hydrogens (tertiary/aromatic N) is 5. The van der Waals surface area contributed by atoms with Crippen LogP contribution < -0.4 is 10.6 Å². The Kier molecular flexibility index (Phi) is 5.40. The summed E-state index contributed by atoms with van der Waals surface area (Å²) in [5.74, 6) is 0.950. The summed E-state index contributed by atoms with van der Waals surface area (Å²) < 4.78 is 21.8. The first kappa shape index (κ1) is 22.5. The molecular weight excluding hydrogens is 461 g/mol. The van der Waals surface area contributed by atoms with Crippen LogP contribution in [0, 0.1) is 5.82 Å². The topological polar surface area (TPSA) is 107 Å². The maximum Gasteiger partial charge on any atom is 0.235 e. The molecule has 0 bridgehead atoms. The summed E-state index contributed by atoms with van der Waals surface area (Å²) in [4.78, 5) is 26.8. The van der Waals surface area contributed by atoms with E-state index >= 15 is 0 Å². The molecule has 10 heteroatoms. The first-order chi connectivity index (χ1) is 17.4. The highest BCUT2D eigenvalue weighted by Crippen LogP contribution is 2.42. The highest BCUT2D eigenvalue weighted by molar-refractivity contribution is 6.06. The van der Waals surface area contributed by atoms with Crippen LogP contribution in [0.5, 0.6) is 0 Å². The molecule has 0 spiro atoms. The molecular formula is C26H26FN7O2. The van der Waals surface area contributed by atoms with Crippen LogP contribution in [0.1, 0.15) is 37.8 Å². The average Bonchev–Trinajstić information content (AvgIpc) is 3.57. The molecule has 1 atom stereocenters. The molecule has 184 valence electrons. The van der Waals surface area contributed by atoms with Crippen molar-refractivity contribution in [2.75, 3.05) is 23.8 Å². The van der Waals surface area contributed by atoms with E-state index in [-0.39, 0.29) is 24.4 Å². The van der Waals surface area contributed by atoms with E-state index in [9.17, 15) is 9.18 Å². The Balaban J connectivity index is 1.45. The van der Waals surface area contributed by atoms with Crippen molar-refractivity contribution in [3.8, 4) is 11.5 Å². The number of rotatable bonds is 6. The van der Waals surface area contributed by atoms with E-state index in [0.717, 1.165) is 30.4 Å². The highest BCUT2D eigenvalue weighted by Gasteiger charge is 2.43. The Bertz CT molecular complexity index is 1480. The summed E-state index contributed by atoms with van der Waals surface area (Å²) in [6, 6.07) is 10.3. The van der Waals surface area contributed by atoms with Gasteiger partial charge in [0.05, 0.1) is 29.0 Å². The largest absolute Gasteiger partial charge is 0.376 e. The Morgan fingerprint density at radius 1 is 1.22 bits per heavy atom. The van der Waals surface area contributed by atoms with Crippen LogP contribution in [-0.4, -0.2) is 49.9 Å². The van der Waals surface area contributed by atoms with Gasteiger partial charge < -0.3 is 15.4 Å². The van der Waals surface area contributed by atoms with E-state index in [1.54, 1.807) is 29.1 Å². The standard InChI is InChI=1S/C26H26FN7O2/c1-26(2)19-21(29-13-16-8-6-12-36-16)30-23(31-22(19)32-25(26)35)20-17-9-5-11-28-24(17)34(33-20)14-15-7-3-4-10-18(15)27/h3-5,7,9-11,16H,6,8,12-14H2,1-2H3,(H2,29,30,31,32,35). The monoisotopic (exact) mass is 487 g/mol. The Morgan fingerprint density at radius 2 is 2.08 bits per heavy atom. The molecule has 2 N–H and O–H groups in total. The van der Waals surface area contributed by atoms with Crippen LogP contribution in [-0.2, 0) is 21.5 Å². The predicted molar refractivity (Wildman–Crippen MR) is 133 cm³/mol. The van der Waals surface area contributed by atoms with Crippen molar-refractivity contribution < 1.29 is 13.9 Å². The van der Waals surface area contributed by atoms with E-state index < -0.39 is 5.41 Å². The van der Waals surface area contributed by atoms with Crippen LogP contribution in [0.25, 0.3) is 22.6 Å². The molecule has 6 rings (SSSR count). The molecule has 0 aliphatic carbocycles. The summed E-state index contributed by atoms with van der Waals surface area (Å²) in [7, 11) is 0. The van der Waals surface area contributed by atoms with E-state index in [0.29, 0.717) is 40.9 Å². The number of pyridine rings is 1. The van der Waals surface area contributed by atoms with Crippen molar-refractivity contribution in [1.82, 2.24) is 24.7 Å². The first-order valence-corrected chi connectivity index (χ1v) is 12.1. The molecule has 0 radical (unpaired) electrons. The lowest BCUT2D eigenvalue weighted by Crippen LogP contribution is -2.28. The first-order valence-electron chi connectivity index (χ1n) is 12.1. The number of aromatic nitrogens is 5. The fourth-order valence-corrected chi connectivity index (χ4v) is 4.84. The molecule has 1 aromatic carbocycles. The molecule has 4 aromatic rings. The zero-order chi connectivity index (χ0) is 24.9. The molecule has 2 aliphatic heterocycles. The van der Waals surface area contributed by atoms with Gasteiger partial charge in [-0.1, -0.05) is 18.2 Å². The fourth-order valence-electron chi connectivity index (χ4n) is 4.84. The van der Waals surface area contributed by atoms with Gasteiger partial charge in [-0.15, -0.1) is 0 Å². The molecule has 1 fully saturated rings. The second-order valence-corrected chi connectivity index (χ2v) is 9.69. The van der Waals surface area contributed by atoms with Crippen LogP contribution in [0.3, 0.4) is 0 Å². The van der Waals surface area contributed by atoms with Gasteiger partial charge in [-0.05, 0) is 44.9 Å².